The number of hydrogen-bond donors (Lipinski definition) is 1. The van der Waals surface area contributed by atoms with Crippen LogP contribution >= 0.6 is 0 Å². The van der Waals surface area contributed by atoms with Gasteiger partial charge >= 0.3 is 12.1 Å². The second-order valence-electron chi connectivity index (χ2n) is 2.33. The highest BCUT2D eigenvalue weighted by Crippen LogP contribution is 1.92. The lowest BCUT2D eigenvalue weighted by molar-refractivity contribution is 0.0817. The Morgan fingerprint density at radius 2 is 2.46 bits per heavy atom. The third-order valence-corrected chi connectivity index (χ3v) is 1.23. The molecule has 0 aromatic heterocycles. The van der Waals surface area contributed by atoms with Gasteiger partial charge in [-0.2, -0.15) is 5.26 Å². The van der Waals surface area contributed by atoms with Crippen LogP contribution in [0.3, 0.4) is 0 Å². The lowest BCUT2D eigenvalue weighted by atomic mass is 10.5. The topological polar surface area (TPSA) is 84.6 Å². The number of aliphatic hydroxyl groups is 1. The molecule has 0 saturated heterocycles. The normalized spacial score (nSPS) is 10.6. The van der Waals surface area contributed by atoms with Gasteiger partial charge in [0.05, 0.1) is 12.6 Å². The van der Waals surface area contributed by atoms with Crippen molar-refractivity contribution in [1.29, 1.82) is 10.7 Å². The maximum absolute atomic E-state index is 8.79. The fourth-order valence-corrected chi connectivity index (χ4v) is 0.592. The summed E-state index contributed by atoms with van der Waals surface area (Å²) < 4.78 is 4.71. The minimum absolute atomic E-state index is 0.232. The van der Waals surface area contributed by atoms with Crippen molar-refractivity contribution >= 4 is 0 Å². The van der Waals surface area contributed by atoms with Gasteiger partial charge in [0.1, 0.15) is 6.61 Å². The largest absolute Gasteiger partial charge is 0.476 e. The van der Waals surface area contributed by atoms with Gasteiger partial charge in [-0.15, -0.1) is 0 Å². The van der Waals surface area contributed by atoms with Gasteiger partial charge in [-0.25, -0.2) is 0 Å². The van der Waals surface area contributed by atoms with Gasteiger partial charge in [0.2, 0.25) is 5.39 Å². The molecule has 0 rings (SSSR count). The molecule has 0 radical (unpaired) electrons. The minimum Gasteiger partial charge on any atom is -0.476 e. The number of likely N-dealkylation sites (N-methyl/N-ethyl adjacent to an activating group) is 1. The van der Waals surface area contributed by atoms with E-state index in [-0.39, 0.29) is 6.61 Å². The van der Waals surface area contributed by atoms with Gasteiger partial charge in [0.15, 0.2) is 4.98 Å². The van der Waals surface area contributed by atoms with Gasteiger partial charge in [0, 0.05) is 6.54 Å². The summed E-state index contributed by atoms with van der Waals surface area (Å²) in [5.41, 5.74) is 0. The van der Waals surface area contributed by atoms with Crippen LogP contribution in [0.1, 0.15) is 0 Å². The predicted octanol–water partition coefficient (Wildman–Crippen LogP) is 0.668. The van der Waals surface area contributed by atoms with Crippen LogP contribution in [0.25, 0.3) is 4.98 Å². The van der Waals surface area contributed by atoms with E-state index in [1.165, 1.54) is 0 Å². The Hall–Kier alpha value is -1.79. The Morgan fingerprint density at radius 1 is 1.77 bits per heavy atom. The van der Waals surface area contributed by atoms with Gasteiger partial charge in [-0.05, 0) is 7.05 Å². The molecule has 0 spiro atoms. The van der Waals surface area contributed by atoms with Crippen molar-refractivity contribution in [1.82, 2.24) is 4.90 Å². The molecule has 0 fully saturated rings. The number of nitriles is 1. The summed E-state index contributed by atoms with van der Waals surface area (Å²) >= 11 is 0. The van der Waals surface area contributed by atoms with E-state index in [0.29, 0.717) is 13.1 Å². The van der Waals surface area contributed by atoms with E-state index in [2.05, 4.69) is 4.98 Å². The van der Waals surface area contributed by atoms with Crippen LogP contribution in [0.5, 0.6) is 0 Å². The molecule has 70 valence electrons. The highest BCUT2D eigenvalue weighted by atomic mass is 16.6. The van der Waals surface area contributed by atoms with Gasteiger partial charge in [-0.3, -0.25) is 4.90 Å². The maximum Gasteiger partial charge on any atom is 0.429 e. The summed E-state index contributed by atoms with van der Waals surface area (Å²) in [6.45, 7) is 1.05. The molecule has 0 aliphatic heterocycles. The van der Waals surface area contributed by atoms with E-state index in [9.17, 15) is 0 Å². The zero-order valence-corrected chi connectivity index (χ0v) is 7.34. The molecule has 0 bridgehead atoms. The fraction of sp³-hybridized carbons (Fsp3) is 0.571. The summed E-state index contributed by atoms with van der Waals surface area (Å²) in [5, 5.41) is 25.1. The van der Waals surface area contributed by atoms with E-state index < -0.39 is 5.95 Å². The van der Waals surface area contributed by atoms with Crippen molar-refractivity contribution in [2.75, 3.05) is 26.7 Å². The molecule has 0 aliphatic rings. The minimum atomic E-state index is -0.451. The van der Waals surface area contributed by atoms with E-state index in [1.54, 1.807) is 11.9 Å². The SMILES string of the molecule is CN(CC#N)CCO/C(O)=C/[N+]#N. The molecule has 0 heterocycles. The zero-order chi connectivity index (χ0) is 10.1. The Kier molecular flexibility index (Phi) is 5.94. The second-order valence-corrected chi connectivity index (χ2v) is 2.33. The third-order valence-electron chi connectivity index (χ3n) is 1.23. The molecule has 0 aromatic rings. The molecule has 0 unspecified atom stereocenters. The van der Waals surface area contributed by atoms with Crippen LogP contribution in [0.4, 0.5) is 0 Å². The number of diazo groups is 1. The number of aliphatic hydroxyl groups excluding tert-OH is 1. The first kappa shape index (κ1) is 11.2. The lowest BCUT2D eigenvalue weighted by Gasteiger charge is -2.11. The maximum atomic E-state index is 8.79. The highest BCUT2D eigenvalue weighted by Gasteiger charge is 2.01. The summed E-state index contributed by atoms with van der Waals surface area (Å²) in [4.78, 5) is 4.29. The molecule has 13 heavy (non-hydrogen) atoms. The van der Waals surface area contributed by atoms with Crippen LogP contribution < -0.4 is 0 Å². The van der Waals surface area contributed by atoms with Crippen molar-refractivity contribution in [3.8, 4) is 6.07 Å². The van der Waals surface area contributed by atoms with Crippen LogP contribution in [-0.2, 0) is 4.74 Å². The highest BCUT2D eigenvalue weighted by molar-refractivity contribution is 4.87. The van der Waals surface area contributed by atoms with Crippen LogP contribution in [-0.4, -0.2) is 36.8 Å². The average molecular weight is 183 g/mol. The first-order valence-corrected chi connectivity index (χ1v) is 3.62. The molecule has 0 aliphatic carbocycles. The van der Waals surface area contributed by atoms with E-state index in [1.807, 2.05) is 6.07 Å². The molecular formula is C7H11N4O2+. The van der Waals surface area contributed by atoms with E-state index in [4.69, 9.17) is 20.5 Å². The first-order valence-electron chi connectivity index (χ1n) is 3.62. The Morgan fingerprint density at radius 3 is 3.00 bits per heavy atom. The number of hydrogen-bond acceptors (Lipinski definition) is 5. The van der Waals surface area contributed by atoms with Crippen molar-refractivity contribution in [2.24, 2.45) is 0 Å². The van der Waals surface area contributed by atoms with Crippen molar-refractivity contribution < 1.29 is 9.84 Å². The van der Waals surface area contributed by atoms with Crippen LogP contribution in [0.2, 0.25) is 0 Å². The Labute approximate surface area is 76.3 Å². The van der Waals surface area contributed by atoms with Crippen molar-refractivity contribution in [3.05, 3.63) is 17.1 Å². The van der Waals surface area contributed by atoms with Crippen molar-refractivity contribution in [2.45, 2.75) is 0 Å². The number of nitrogens with zero attached hydrogens (tertiary/aromatic N) is 4. The summed E-state index contributed by atoms with van der Waals surface area (Å²) in [6.07, 6.45) is 0.782. The average Bonchev–Trinajstić information content (AvgIpc) is 2.05. The second kappa shape index (κ2) is 6.89. The zero-order valence-electron chi connectivity index (χ0n) is 7.34. The van der Waals surface area contributed by atoms with Gasteiger partial charge in [0.25, 0.3) is 0 Å². The molecule has 1 N–H and O–H groups in total. The molecule has 6 heteroatoms. The number of rotatable bonds is 5. The predicted molar refractivity (Wildman–Crippen MR) is 44.9 cm³/mol. The molecule has 0 aromatic carbocycles. The van der Waals surface area contributed by atoms with Gasteiger partial charge in [-0.1, -0.05) is 0 Å². The lowest BCUT2D eigenvalue weighted by Crippen LogP contribution is -2.23. The molecule has 0 atom stereocenters. The Bertz CT molecular complexity index is 250. The smallest absolute Gasteiger partial charge is 0.429 e. The van der Waals surface area contributed by atoms with E-state index >= 15 is 0 Å². The van der Waals surface area contributed by atoms with Gasteiger partial charge < -0.3 is 9.84 Å². The van der Waals surface area contributed by atoms with Crippen molar-refractivity contribution in [3.63, 3.8) is 0 Å². The molecule has 0 saturated carbocycles. The van der Waals surface area contributed by atoms with Crippen LogP contribution in [0, 0.1) is 16.7 Å². The number of ether oxygens (including phenoxy) is 1. The molecule has 6 nitrogen and oxygen atoms in total. The Balaban J connectivity index is 3.52. The summed E-state index contributed by atoms with van der Waals surface area (Å²) in [6, 6.07) is 1.97. The fourth-order valence-electron chi connectivity index (χ4n) is 0.592. The standard InChI is InChI=1S/C7H10N4O2/c1-11(3-2-8)4-5-13-7(12)6-10-9/h6H,3-5H2,1H3/p+1/b7-6+. The van der Waals surface area contributed by atoms with Crippen LogP contribution in [0.15, 0.2) is 12.1 Å². The van der Waals surface area contributed by atoms with E-state index in [0.717, 1.165) is 6.20 Å². The molecular weight excluding hydrogens is 172 g/mol. The molecule has 0 amide bonds. The summed E-state index contributed by atoms with van der Waals surface area (Å²) in [7, 11) is 1.75. The summed E-state index contributed by atoms with van der Waals surface area (Å²) in [5.74, 6) is -0.451. The monoisotopic (exact) mass is 183 g/mol. The third kappa shape index (κ3) is 6.60. The first-order chi connectivity index (χ1) is 6.20. The quantitative estimate of drug-likeness (QED) is 0.384.